The zero-order valence-corrected chi connectivity index (χ0v) is 13.7. The first-order chi connectivity index (χ1) is 8.71. The second kappa shape index (κ2) is 5.88. The number of ether oxygens (including phenoxy) is 1. The lowest BCUT2D eigenvalue weighted by atomic mass is 10.1. The Balaban J connectivity index is 2.86. The van der Waals surface area contributed by atoms with Gasteiger partial charge in [0.1, 0.15) is 12.0 Å². The fraction of sp³-hybridized carbons (Fsp3) is 0.533. The summed E-state index contributed by atoms with van der Waals surface area (Å²) in [4.78, 5) is 10.8. The van der Waals surface area contributed by atoms with Gasteiger partial charge in [0, 0.05) is 11.1 Å². The average molecular weight is 280 g/mol. The van der Waals surface area contributed by atoms with Crippen molar-refractivity contribution >= 4 is 14.6 Å². The van der Waals surface area contributed by atoms with Gasteiger partial charge in [-0.3, -0.25) is 4.79 Å². The predicted octanol–water partition coefficient (Wildman–Crippen LogP) is 4.03. The standard InChI is InChI=1S/C15H24O3Si/c1-15(2,3)19(5,6)18-11-13-8-7-12(10-16)9-14(13)17-4/h7-10H,11H2,1-6H3. The van der Waals surface area contributed by atoms with Crippen LogP contribution in [0.25, 0.3) is 0 Å². The molecule has 0 aliphatic rings. The van der Waals surface area contributed by atoms with Crippen LogP contribution in [-0.4, -0.2) is 21.7 Å². The van der Waals surface area contributed by atoms with Gasteiger partial charge < -0.3 is 9.16 Å². The lowest BCUT2D eigenvalue weighted by Crippen LogP contribution is -2.40. The number of carbonyl (C=O) groups is 1. The molecule has 0 aliphatic heterocycles. The van der Waals surface area contributed by atoms with Crippen molar-refractivity contribution < 1.29 is 14.0 Å². The molecule has 0 spiro atoms. The fourth-order valence-corrected chi connectivity index (χ4v) is 2.38. The summed E-state index contributed by atoms with van der Waals surface area (Å²) in [6.07, 6.45) is 0.820. The van der Waals surface area contributed by atoms with Gasteiger partial charge in [0.2, 0.25) is 0 Å². The lowest BCUT2D eigenvalue weighted by Gasteiger charge is -2.36. The second-order valence-corrected chi connectivity index (χ2v) is 11.0. The molecule has 0 saturated carbocycles. The molecule has 0 aromatic heterocycles. The summed E-state index contributed by atoms with van der Waals surface area (Å²) in [6, 6.07) is 5.44. The van der Waals surface area contributed by atoms with E-state index in [1.54, 1.807) is 19.2 Å². The van der Waals surface area contributed by atoms with Gasteiger partial charge >= 0.3 is 0 Å². The van der Waals surface area contributed by atoms with Crippen molar-refractivity contribution in [3.63, 3.8) is 0 Å². The van der Waals surface area contributed by atoms with E-state index in [0.29, 0.717) is 17.9 Å². The highest BCUT2D eigenvalue weighted by Crippen LogP contribution is 2.37. The summed E-state index contributed by atoms with van der Waals surface area (Å²) in [5.74, 6) is 0.711. The Kier molecular flexibility index (Phi) is 4.93. The number of aldehydes is 1. The summed E-state index contributed by atoms with van der Waals surface area (Å²) in [7, 11) is -0.160. The first kappa shape index (κ1) is 15.9. The van der Waals surface area contributed by atoms with Crippen molar-refractivity contribution in [3.8, 4) is 5.75 Å². The molecule has 0 radical (unpaired) electrons. The lowest BCUT2D eigenvalue weighted by molar-refractivity contribution is 0.112. The van der Waals surface area contributed by atoms with Gasteiger partial charge in [-0.25, -0.2) is 0 Å². The molecule has 0 atom stereocenters. The topological polar surface area (TPSA) is 35.5 Å². The number of carbonyl (C=O) groups excluding carboxylic acids is 1. The third-order valence-electron chi connectivity index (χ3n) is 3.84. The molecule has 0 bridgehead atoms. The van der Waals surface area contributed by atoms with Gasteiger partial charge in [-0.1, -0.05) is 32.9 Å². The first-order valence-electron chi connectivity index (χ1n) is 6.47. The van der Waals surface area contributed by atoms with Gasteiger partial charge in [0.05, 0.1) is 13.7 Å². The Morgan fingerprint density at radius 3 is 2.37 bits per heavy atom. The van der Waals surface area contributed by atoms with Crippen molar-refractivity contribution in [1.82, 2.24) is 0 Å². The SMILES string of the molecule is COc1cc(C=O)ccc1CO[Si](C)(C)C(C)(C)C. The van der Waals surface area contributed by atoms with Crippen molar-refractivity contribution in [1.29, 1.82) is 0 Å². The van der Waals surface area contributed by atoms with Crippen LogP contribution in [0.3, 0.4) is 0 Å². The van der Waals surface area contributed by atoms with E-state index in [-0.39, 0.29) is 5.04 Å². The van der Waals surface area contributed by atoms with E-state index in [4.69, 9.17) is 9.16 Å². The molecule has 4 heteroatoms. The molecule has 1 aromatic carbocycles. The number of rotatable bonds is 5. The van der Waals surface area contributed by atoms with Crippen molar-refractivity contribution in [3.05, 3.63) is 29.3 Å². The maximum absolute atomic E-state index is 10.8. The molecule has 0 unspecified atom stereocenters. The minimum Gasteiger partial charge on any atom is -0.496 e. The van der Waals surface area contributed by atoms with Gasteiger partial charge in [0.15, 0.2) is 8.32 Å². The molecular formula is C15H24O3Si. The number of methoxy groups -OCH3 is 1. The molecular weight excluding hydrogens is 256 g/mol. The van der Waals surface area contributed by atoms with E-state index in [0.717, 1.165) is 11.8 Å². The third kappa shape index (κ3) is 3.91. The van der Waals surface area contributed by atoms with Gasteiger partial charge in [-0.05, 0) is 24.2 Å². The van der Waals surface area contributed by atoms with Crippen LogP contribution in [0, 0.1) is 0 Å². The summed E-state index contributed by atoms with van der Waals surface area (Å²) in [5.41, 5.74) is 1.60. The van der Waals surface area contributed by atoms with Crippen LogP contribution in [0.4, 0.5) is 0 Å². The largest absolute Gasteiger partial charge is 0.496 e. The fourth-order valence-electron chi connectivity index (χ4n) is 1.43. The smallest absolute Gasteiger partial charge is 0.192 e. The van der Waals surface area contributed by atoms with Crippen LogP contribution in [0.1, 0.15) is 36.7 Å². The summed E-state index contributed by atoms with van der Waals surface area (Å²) in [5, 5.41) is 0.184. The van der Waals surface area contributed by atoms with E-state index < -0.39 is 8.32 Å². The maximum Gasteiger partial charge on any atom is 0.192 e. The molecule has 3 nitrogen and oxygen atoms in total. The first-order valence-corrected chi connectivity index (χ1v) is 9.38. The average Bonchev–Trinajstić information content (AvgIpc) is 2.34. The van der Waals surface area contributed by atoms with Gasteiger partial charge in [0.25, 0.3) is 0 Å². The number of hydrogen-bond donors (Lipinski definition) is 0. The van der Waals surface area contributed by atoms with E-state index >= 15 is 0 Å². The molecule has 0 amide bonds. The van der Waals surface area contributed by atoms with Crippen LogP contribution in [0.2, 0.25) is 18.1 Å². The van der Waals surface area contributed by atoms with E-state index in [1.807, 2.05) is 6.07 Å². The Morgan fingerprint density at radius 2 is 1.89 bits per heavy atom. The monoisotopic (exact) mass is 280 g/mol. The van der Waals surface area contributed by atoms with Crippen molar-refractivity contribution in [2.45, 2.75) is 45.5 Å². The molecule has 0 heterocycles. The minimum absolute atomic E-state index is 0.184. The highest BCUT2D eigenvalue weighted by Gasteiger charge is 2.37. The van der Waals surface area contributed by atoms with Gasteiger partial charge in [-0.15, -0.1) is 0 Å². The quantitative estimate of drug-likeness (QED) is 0.603. The Hall–Kier alpha value is -1.13. The van der Waals surface area contributed by atoms with E-state index in [9.17, 15) is 4.79 Å². The van der Waals surface area contributed by atoms with Crippen LogP contribution in [-0.2, 0) is 11.0 Å². The van der Waals surface area contributed by atoms with Crippen LogP contribution < -0.4 is 4.74 Å². The van der Waals surface area contributed by atoms with Crippen LogP contribution in [0.15, 0.2) is 18.2 Å². The van der Waals surface area contributed by atoms with Crippen LogP contribution in [0.5, 0.6) is 5.75 Å². The maximum atomic E-state index is 10.8. The van der Waals surface area contributed by atoms with Gasteiger partial charge in [-0.2, -0.15) is 0 Å². The molecule has 0 aliphatic carbocycles. The molecule has 0 saturated heterocycles. The summed E-state index contributed by atoms with van der Waals surface area (Å²) in [6.45, 7) is 11.6. The second-order valence-electron chi connectivity index (χ2n) is 6.24. The van der Waals surface area contributed by atoms with E-state index in [1.165, 1.54) is 0 Å². The Bertz CT molecular complexity index is 447. The molecule has 1 rings (SSSR count). The highest BCUT2D eigenvalue weighted by atomic mass is 28.4. The molecule has 19 heavy (non-hydrogen) atoms. The molecule has 0 fully saturated rings. The predicted molar refractivity (Wildman–Crippen MR) is 80.4 cm³/mol. The molecule has 0 N–H and O–H groups in total. The number of hydrogen-bond acceptors (Lipinski definition) is 3. The number of benzene rings is 1. The van der Waals surface area contributed by atoms with Crippen molar-refractivity contribution in [2.24, 2.45) is 0 Å². The molecule has 106 valence electrons. The third-order valence-corrected chi connectivity index (χ3v) is 8.32. The zero-order chi connectivity index (χ0) is 14.7. The summed E-state index contributed by atoms with van der Waals surface area (Å²) < 4.78 is 11.5. The van der Waals surface area contributed by atoms with Crippen LogP contribution >= 0.6 is 0 Å². The van der Waals surface area contributed by atoms with Crippen molar-refractivity contribution in [2.75, 3.05) is 7.11 Å². The normalized spacial score (nSPS) is 12.3. The van der Waals surface area contributed by atoms with E-state index in [2.05, 4.69) is 33.9 Å². The molecule has 1 aromatic rings. The minimum atomic E-state index is -1.77. The Morgan fingerprint density at radius 1 is 1.26 bits per heavy atom. The Labute approximate surface area is 117 Å². The zero-order valence-electron chi connectivity index (χ0n) is 12.7. The highest BCUT2D eigenvalue weighted by molar-refractivity contribution is 6.74. The summed E-state index contributed by atoms with van der Waals surface area (Å²) >= 11 is 0.